The Labute approximate surface area is 126 Å². The van der Waals surface area contributed by atoms with Crippen LogP contribution in [0.4, 0.5) is 5.69 Å². The van der Waals surface area contributed by atoms with Crippen LogP contribution in [0.3, 0.4) is 0 Å². The van der Waals surface area contributed by atoms with Gasteiger partial charge in [0.15, 0.2) is 5.82 Å². The van der Waals surface area contributed by atoms with Crippen LogP contribution in [-0.2, 0) is 0 Å². The second kappa shape index (κ2) is 4.04. The van der Waals surface area contributed by atoms with Gasteiger partial charge in [0.05, 0.1) is 6.04 Å². The molecule has 0 bridgehead atoms. The molecule has 0 amide bonds. The summed E-state index contributed by atoms with van der Waals surface area (Å²) in [5.41, 5.74) is 7.85. The van der Waals surface area contributed by atoms with Gasteiger partial charge in [-0.1, -0.05) is 43.6 Å². The van der Waals surface area contributed by atoms with Crippen LogP contribution >= 0.6 is 15.9 Å². The summed E-state index contributed by atoms with van der Waals surface area (Å²) in [6.07, 6.45) is 0. The van der Waals surface area contributed by atoms with Crippen LogP contribution in [0.5, 0.6) is 0 Å². The number of hydrogen-bond acceptors (Lipinski definition) is 4. The summed E-state index contributed by atoms with van der Waals surface area (Å²) in [5, 5.41) is 12.3. The fourth-order valence-corrected chi connectivity index (χ4v) is 3.46. The number of halogens is 1. The highest BCUT2D eigenvalue weighted by molar-refractivity contribution is 9.10. The Morgan fingerprint density at radius 3 is 2.45 bits per heavy atom. The maximum atomic E-state index is 5.88. The van der Waals surface area contributed by atoms with Gasteiger partial charge in [-0.15, -0.1) is 5.10 Å². The van der Waals surface area contributed by atoms with Crippen LogP contribution in [0.15, 0.2) is 22.7 Å². The van der Waals surface area contributed by atoms with E-state index in [1.807, 2.05) is 22.9 Å². The van der Waals surface area contributed by atoms with Crippen molar-refractivity contribution in [2.45, 2.75) is 33.7 Å². The van der Waals surface area contributed by atoms with Crippen molar-refractivity contribution >= 4 is 21.6 Å². The summed E-state index contributed by atoms with van der Waals surface area (Å²) >= 11 is 3.55. The third kappa shape index (κ3) is 1.70. The van der Waals surface area contributed by atoms with Crippen molar-refractivity contribution in [1.82, 2.24) is 20.2 Å². The SMILES string of the molecule is CC1(C)C(n2nnnc2-c2cc(N)ccc2Br)C1(C)C. The van der Waals surface area contributed by atoms with E-state index in [1.165, 1.54) is 0 Å². The number of nitrogen functional groups attached to an aromatic ring is 1. The Morgan fingerprint density at radius 2 is 1.85 bits per heavy atom. The van der Waals surface area contributed by atoms with Gasteiger partial charge >= 0.3 is 0 Å². The molecule has 0 spiro atoms. The highest BCUT2D eigenvalue weighted by Gasteiger charge is 2.67. The van der Waals surface area contributed by atoms with E-state index in [-0.39, 0.29) is 16.9 Å². The number of rotatable bonds is 2. The molecule has 2 N–H and O–H groups in total. The van der Waals surface area contributed by atoms with Crippen molar-refractivity contribution in [3.63, 3.8) is 0 Å². The molecule has 1 aromatic carbocycles. The molecule has 106 valence electrons. The number of tetrazole rings is 1. The molecule has 1 aliphatic rings. The first kappa shape index (κ1) is 13.5. The molecule has 5 nitrogen and oxygen atoms in total. The predicted octanol–water partition coefficient (Wildman–Crippen LogP) is 3.29. The molecule has 0 radical (unpaired) electrons. The molecule has 0 unspecified atom stereocenters. The van der Waals surface area contributed by atoms with Gasteiger partial charge < -0.3 is 5.73 Å². The molecule has 1 heterocycles. The quantitative estimate of drug-likeness (QED) is 0.855. The number of nitrogens with two attached hydrogens (primary N) is 1. The van der Waals surface area contributed by atoms with Gasteiger partial charge in [0.25, 0.3) is 0 Å². The smallest absolute Gasteiger partial charge is 0.183 e. The lowest BCUT2D eigenvalue weighted by Crippen LogP contribution is -2.06. The second-order valence-electron chi connectivity index (χ2n) is 6.53. The number of anilines is 1. The third-order valence-corrected chi connectivity index (χ3v) is 5.60. The molecule has 0 atom stereocenters. The molecule has 0 aliphatic heterocycles. The maximum absolute atomic E-state index is 5.88. The predicted molar refractivity (Wildman–Crippen MR) is 82.0 cm³/mol. The molecule has 1 fully saturated rings. The highest BCUT2D eigenvalue weighted by Crippen LogP contribution is 2.71. The average molecular weight is 336 g/mol. The fourth-order valence-electron chi connectivity index (χ4n) is 3.03. The minimum absolute atomic E-state index is 0.171. The largest absolute Gasteiger partial charge is 0.399 e. The Morgan fingerprint density at radius 1 is 1.20 bits per heavy atom. The van der Waals surface area contributed by atoms with Gasteiger partial charge in [0.2, 0.25) is 0 Å². The van der Waals surface area contributed by atoms with Gasteiger partial charge in [0.1, 0.15) is 0 Å². The van der Waals surface area contributed by atoms with Crippen LogP contribution in [-0.4, -0.2) is 20.2 Å². The zero-order chi connectivity index (χ0) is 14.7. The molecule has 3 rings (SSSR count). The van der Waals surface area contributed by atoms with Crippen molar-refractivity contribution in [3.8, 4) is 11.4 Å². The zero-order valence-corrected chi connectivity index (χ0v) is 13.6. The minimum atomic E-state index is 0.171. The zero-order valence-electron chi connectivity index (χ0n) is 12.1. The molecule has 0 saturated heterocycles. The molecule has 2 aromatic rings. The van der Waals surface area contributed by atoms with E-state index in [1.54, 1.807) is 0 Å². The van der Waals surface area contributed by atoms with Crippen LogP contribution in [0, 0.1) is 10.8 Å². The van der Waals surface area contributed by atoms with Crippen molar-refractivity contribution < 1.29 is 0 Å². The third-order valence-electron chi connectivity index (χ3n) is 4.91. The molecule has 20 heavy (non-hydrogen) atoms. The van der Waals surface area contributed by atoms with Crippen molar-refractivity contribution in [2.75, 3.05) is 5.73 Å². The number of benzene rings is 1. The maximum Gasteiger partial charge on any atom is 0.183 e. The standard InChI is InChI=1S/C14H18BrN5/c1-13(2)12(14(13,3)4)20-11(17-18-19-20)9-7-8(16)5-6-10(9)15/h5-7,12H,16H2,1-4H3. The summed E-state index contributed by atoms with van der Waals surface area (Å²) in [6.45, 7) is 8.99. The van der Waals surface area contributed by atoms with Gasteiger partial charge in [-0.05, 0) is 39.5 Å². The summed E-state index contributed by atoms with van der Waals surface area (Å²) in [5.74, 6) is 0.757. The van der Waals surface area contributed by atoms with Gasteiger partial charge in [0, 0.05) is 15.7 Å². The van der Waals surface area contributed by atoms with E-state index in [9.17, 15) is 0 Å². The lowest BCUT2D eigenvalue weighted by Gasteiger charge is -2.08. The number of aromatic nitrogens is 4. The molecule has 1 saturated carbocycles. The first-order chi connectivity index (χ1) is 9.26. The second-order valence-corrected chi connectivity index (χ2v) is 7.39. The van der Waals surface area contributed by atoms with Crippen LogP contribution in [0.2, 0.25) is 0 Å². The Balaban J connectivity index is 2.11. The van der Waals surface area contributed by atoms with Gasteiger partial charge in [-0.2, -0.15) is 0 Å². The number of hydrogen-bond donors (Lipinski definition) is 1. The number of nitrogens with zero attached hydrogens (tertiary/aromatic N) is 4. The first-order valence-corrected chi connectivity index (χ1v) is 7.39. The lowest BCUT2D eigenvalue weighted by molar-refractivity contribution is 0.457. The van der Waals surface area contributed by atoms with E-state index >= 15 is 0 Å². The van der Waals surface area contributed by atoms with E-state index in [0.717, 1.165) is 15.9 Å². The van der Waals surface area contributed by atoms with E-state index in [0.29, 0.717) is 5.69 Å². The Kier molecular flexibility index (Phi) is 2.73. The Bertz CT molecular complexity index is 660. The fraction of sp³-hybridized carbons (Fsp3) is 0.500. The highest BCUT2D eigenvalue weighted by atomic mass is 79.9. The molecular weight excluding hydrogens is 318 g/mol. The van der Waals surface area contributed by atoms with Gasteiger partial charge in [-0.3, -0.25) is 0 Å². The van der Waals surface area contributed by atoms with Crippen LogP contribution in [0.25, 0.3) is 11.4 Å². The molecule has 1 aliphatic carbocycles. The van der Waals surface area contributed by atoms with Gasteiger partial charge in [-0.25, -0.2) is 4.68 Å². The monoisotopic (exact) mass is 335 g/mol. The average Bonchev–Trinajstić information content (AvgIpc) is 2.70. The van der Waals surface area contributed by atoms with E-state index in [2.05, 4.69) is 59.2 Å². The van der Waals surface area contributed by atoms with E-state index in [4.69, 9.17) is 5.73 Å². The molecular formula is C14H18BrN5. The summed E-state index contributed by atoms with van der Waals surface area (Å²) in [7, 11) is 0. The van der Waals surface area contributed by atoms with Crippen LogP contribution < -0.4 is 5.73 Å². The van der Waals surface area contributed by atoms with E-state index < -0.39 is 0 Å². The summed E-state index contributed by atoms with van der Waals surface area (Å²) in [6, 6.07) is 5.96. The van der Waals surface area contributed by atoms with Crippen molar-refractivity contribution in [3.05, 3.63) is 22.7 Å². The summed E-state index contributed by atoms with van der Waals surface area (Å²) in [4.78, 5) is 0. The topological polar surface area (TPSA) is 69.6 Å². The molecule has 6 heteroatoms. The summed E-state index contributed by atoms with van der Waals surface area (Å²) < 4.78 is 2.87. The van der Waals surface area contributed by atoms with Crippen molar-refractivity contribution in [1.29, 1.82) is 0 Å². The Hall–Kier alpha value is -1.43. The molecule has 1 aromatic heterocycles. The normalized spacial score (nSPS) is 20.1. The first-order valence-electron chi connectivity index (χ1n) is 6.60. The lowest BCUT2D eigenvalue weighted by atomic mass is 10.0. The minimum Gasteiger partial charge on any atom is -0.399 e. The van der Waals surface area contributed by atoms with Crippen LogP contribution in [0.1, 0.15) is 33.7 Å². The van der Waals surface area contributed by atoms with Crippen molar-refractivity contribution in [2.24, 2.45) is 10.8 Å².